The molecule has 7 heteroatoms. The van der Waals surface area contributed by atoms with Gasteiger partial charge in [0.2, 0.25) is 0 Å². The van der Waals surface area contributed by atoms with Crippen LogP contribution in [0.3, 0.4) is 0 Å². The summed E-state index contributed by atoms with van der Waals surface area (Å²) in [5.74, 6) is 0. The van der Waals surface area contributed by atoms with Crippen LogP contribution in [0.25, 0.3) is 0 Å². The monoisotopic (exact) mass is 374 g/mol. The van der Waals surface area contributed by atoms with Gasteiger partial charge in [-0.3, -0.25) is 4.21 Å². The number of likely N-dealkylation sites (tertiary alicyclic amines) is 1. The lowest BCUT2D eigenvalue weighted by molar-refractivity contribution is 0.0295. The van der Waals surface area contributed by atoms with Gasteiger partial charge in [-0.25, -0.2) is 9.78 Å². The molecule has 21 heavy (non-hydrogen) atoms. The van der Waals surface area contributed by atoms with E-state index in [1.54, 1.807) is 17.0 Å². The lowest BCUT2D eigenvalue weighted by atomic mass is 10.2. The Labute approximate surface area is 135 Å². The van der Waals surface area contributed by atoms with Crippen molar-refractivity contribution in [3.8, 4) is 0 Å². The SMILES string of the molecule is CC(C)(C)OC(=O)N1CC[C@H](S(=O)c2cccc(Br)n2)C1. The molecule has 0 aromatic carbocycles. The van der Waals surface area contributed by atoms with Crippen molar-refractivity contribution in [1.29, 1.82) is 0 Å². The van der Waals surface area contributed by atoms with Crippen molar-refractivity contribution in [3.63, 3.8) is 0 Å². The maximum absolute atomic E-state index is 12.5. The quantitative estimate of drug-likeness (QED) is 0.746. The first-order valence-electron chi connectivity index (χ1n) is 6.77. The summed E-state index contributed by atoms with van der Waals surface area (Å²) in [4.78, 5) is 17.8. The Hall–Kier alpha value is -0.950. The molecule has 2 atom stereocenters. The second kappa shape index (κ2) is 6.44. The summed E-state index contributed by atoms with van der Waals surface area (Å²) in [5.41, 5.74) is -0.514. The molecule has 0 N–H and O–H groups in total. The number of aromatic nitrogens is 1. The second-order valence-electron chi connectivity index (χ2n) is 5.93. The fourth-order valence-corrected chi connectivity index (χ4v) is 3.91. The molecule has 1 amide bonds. The Morgan fingerprint density at radius 3 is 2.81 bits per heavy atom. The van der Waals surface area contributed by atoms with Crippen molar-refractivity contribution in [1.82, 2.24) is 9.88 Å². The van der Waals surface area contributed by atoms with Crippen LogP contribution in [0.2, 0.25) is 0 Å². The molecule has 0 radical (unpaired) electrons. The smallest absolute Gasteiger partial charge is 0.410 e. The summed E-state index contributed by atoms with van der Waals surface area (Å²) < 4.78 is 18.5. The largest absolute Gasteiger partial charge is 0.444 e. The highest BCUT2D eigenvalue weighted by molar-refractivity contribution is 9.10. The zero-order chi connectivity index (χ0) is 15.6. The molecule has 1 aliphatic heterocycles. The fourth-order valence-electron chi connectivity index (χ4n) is 2.07. The average Bonchev–Trinajstić information content (AvgIpc) is 2.85. The molecule has 5 nitrogen and oxygen atoms in total. The molecule has 1 fully saturated rings. The highest BCUT2D eigenvalue weighted by Gasteiger charge is 2.33. The van der Waals surface area contributed by atoms with Gasteiger partial charge in [0.05, 0.1) is 16.0 Å². The number of rotatable bonds is 2. The van der Waals surface area contributed by atoms with Gasteiger partial charge < -0.3 is 9.64 Å². The second-order valence-corrected chi connectivity index (χ2v) is 8.43. The van der Waals surface area contributed by atoms with E-state index in [0.29, 0.717) is 29.1 Å². The topological polar surface area (TPSA) is 59.5 Å². The first-order valence-corrected chi connectivity index (χ1v) is 8.78. The van der Waals surface area contributed by atoms with Gasteiger partial charge in [-0.15, -0.1) is 0 Å². The molecule has 1 saturated heterocycles. The molecule has 1 aromatic rings. The van der Waals surface area contributed by atoms with Crippen LogP contribution >= 0.6 is 15.9 Å². The summed E-state index contributed by atoms with van der Waals surface area (Å²) in [6, 6.07) is 5.35. The minimum atomic E-state index is -1.22. The summed E-state index contributed by atoms with van der Waals surface area (Å²) in [6.07, 6.45) is 0.351. The van der Waals surface area contributed by atoms with Gasteiger partial charge in [0.15, 0.2) is 0 Å². The van der Waals surface area contributed by atoms with Crippen LogP contribution < -0.4 is 0 Å². The number of pyridine rings is 1. The third-order valence-corrected chi connectivity index (χ3v) is 5.07. The molecule has 0 bridgehead atoms. The number of hydrogen-bond donors (Lipinski definition) is 0. The predicted molar refractivity (Wildman–Crippen MR) is 84.6 cm³/mol. The maximum atomic E-state index is 12.5. The lowest BCUT2D eigenvalue weighted by Gasteiger charge is -2.24. The Morgan fingerprint density at radius 1 is 1.48 bits per heavy atom. The average molecular weight is 375 g/mol. The molecular formula is C14H19BrN2O3S. The molecule has 2 rings (SSSR count). The first kappa shape index (κ1) is 16.4. The molecule has 1 aromatic heterocycles. The van der Waals surface area contributed by atoms with Gasteiger partial charge in [0.1, 0.15) is 15.2 Å². The van der Waals surface area contributed by atoms with Gasteiger partial charge in [0, 0.05) is 13.1 Å². The molecule has 116 valence electrons. The molecule has 0 saturated carbocycles. The van der Waals surface area contributed by atoms with Crippen LogP contribution in [-0.4, -0.2) is 44.1 Å². The van der Waals surface area contributed by atoms with Crippen LogP contribution in [0.5, 0.6) is 0 Å². The zero-order valence-corrected chi connectivity index (χ0v) is 14.7. The van der Waals surface area contributed by atoms with Gasteiger partial charge in [-0.1, -0.05) is 6.07 Å². The molecule has 2 heterocycles. The van der Waals surface area contributed by atoms with E-state index in [0.717, 1.165) is 0 Å². The molecule has 1 unspecified atom stereocenters. The number of carbonyl (C=O) groups is 1. The van der Waals surface area contributed by atoms with Gasteiger partial charge >= 0.3 is 6.09 Å². The Morgan fingerprint density at radius 2 is 2.19 bits per heavy atom. The normalized spacial score (nSPS) is 20.4. The number of nitrogens with zero attached hydrogens (tertiary/aromatic N) is 2. The van der Waals surface area contributed by atoms with Crippen molar-refractivity contribution in [2.24, 2.45) is 0 Å². The number of hydrogen-bond acceptors (Lipinski definition) is 4. The molecule has 0 aliphatic carbocycles. The first-order chi connectivity index (χ1) is 9.76. The highest BCUT2D eigenvalue weighted by Crippen LogP contribution is 2.22. The van der Waals surface area contributed by atoms with E-state index in [1.807, 2.05) is 26.8 Å². The standard InChI is InChI=1S/C14H19BrN2O3S/c1-14(2,3)20-13(18)17-8-7-10(9-17)21(19)12-6-4-5-11(15)16-12/h4-6,10H,7-9H2,1-3H3/t10-,21?/m0/s1. The van der Waals surface area contributed by atoms with E-state index in [1.165, 1.54) is 0 Å². The van der Waals surface area contributed by atoms with Crippen LogP contribution in [0.4, 0.5) is 4.79 Å². The van der Waals surface area contributed by atoms with Crippen molar-refractivity contribution in [2.75, 3.05) is 13.1 Å². The van der Waals surface area contributed by atoms with Crippen LogP contribution in [0.1, 0.15) is 27.2 Å². The number of amides is 1. The van der Waals surface area contributed by atoms with Crippen molar-refractivity contribution in [2.45, 2.75) is 43.1 Å². The number of ether oxygens (including phenoxy) is 1. The van der Waals surface area contributed by atoms with E-state index >= 15 is 0 Å². The fraction of sp³-hybridized carbons (Fsp3) is 0.571. The predicted octanol–water partition coefficient (Wildman–Crippen LogP) is 2.96. The summed E-state index contributed by atoms with van der Waals surface area (Å²) in [7, 11) is -1.22. The Bertz CT molecular complexity index is 559. The highest BCUT2D eigenvalue weighted by atomic mass is 79.9. The van der Waals surface area contributed by atoms with E-state index in [-0.39, 0.29) is 11.3 Å². The zero-order valence-electron chi connectivity index (χ0n) is 12.3. The lowest BCUT2D eigenvalue weighted by Crippen LogP contribution is -2.36. The van der Waals surface area contributed by atoms with E-state index in [2.05, 4.69) is 20.9 Å². The number of halogens is 1. The van der Waals surface area contributed by atoms with Gasteiger partial charge in [-0.05, 0) is 55.3 Å². The molecule has 0 spiro atoms. The van der Waals surface area contributed by atoms with E-state index in [4.69, 9.17) is 4.74 Å². The third kappa shape index (κ3) is 4.51. The van der Waals surface area contributed by atoms with Crippen molar-refractivity contribution >= 4 is 32.8 Å². The Kier molecular flexibility index (Phi) is 5.03. The van der Waals surface area contributed by atoms with Crippen molar-refractivity contribution in [3.05, 3.63) is 22.8 Å². The third-order valence-electron chi connectivity index (χ3n) is 3.00. The number of carbonyl (C=O) groups excluding carboxylic acids is 1. The van der Waals surface area contributed by atoms with E-state index in [9.17, 15) is 9.00 Å². The Balaban J connectivity index is 1.99. The van der Waals surface area contributed by atoms with Crippen LogP contribution in [0.15, 0.2) is 27.8 Å². The van der Waals surface area contributed by atoms with Crippen LogP contribution in [0, 0.1) is 0 Å². The summed E-state index contributed by atoms with van der Waals surface area (Å²) in [5, 5.41) is 0.444. The molecule has 1 aliphatic rings. The minimum absolute atomic E-state index is 0.0979. The van der Waals surface area contributed by atoms with Gasteiger partial charge in [0.25, 0.3) is 0 Å². The summed E-state index contributed by atoms with van der Waals surface area (Å²) in [6.45, 7) is 6.51. The van der Waals surface area contributed by atoms with Gasteiger partial charge in [-0.2, -0.15) is 0 Å². The summed E-state index contributed by atoms with van der Waals surface area (Å²) >= 11 is 3.28. The maximum Gasteiger partial charge on any atom is 0.410 e. The minimum Gasteiger partial charge on any atom is -0.444 e. The van der Waals surface area contributed by atoms with E-state index < -0.39 is 16.4 Å². The van der Waals surface area contributed by atoms with Crippen molar-refractivity contribution < 1.29 is 13.7 Å². The molecular weight excluding hydrogens is 356 g/mol. The van der Waals surface area contributed by atoms with Crippen LogP contribution in [-0.2, 0) is 15.5 Å².